The zero-order valence-electron chi connectivity index (χ0n) is 16.1. The lowest BCUT2D eigenvalue weighted by Crippen LogP contribution is -2.39. The number of amides is 1. The lowest BCUT2D eigenvalue weighted by molar-refractivity contribution is -0.0874. The van der Waals surface area contributed by atoms with Gasteiger partial charge in [0.2, 0.25) is 0 Å². The van der Waals surface area contributed by atoms with Crippen molar-refractivity contribution >= 4 is 5.91 Å². The molecule has 0 bridgehead atoms. The second kappa shape index (κ2) is 9.16. The van der Waals surface area contributed by atoms with E-state index in [0.29, 0.717) is 17.9 Å². The molecular formula is C23H29NO3. The van der Waals surface area contributed by atoms with E-state index in [4.69, 9.17) is 4.74 Å². The number of aliphatic hydroxyl groups is 1. The van der Waals surface area contributed by atoms with Crippen LogP contribution in [-0.4, -0.2) is 35.9 Å². The van der Waals surface area contributed by atoms with E-state index in [1.165, 1.54) is 0 Å². The molecule has 0 radical (unpaired) electrons. The molecule has 1 aliphatic heterocycles. The highest BCUT2D eigenvalue weighted by molar-refractivity contribution is 5.94. The number of ether oxygens (including phenoxy) is 1. The van der Waals surface area contributed by atoms with Crippen molar-refractivity contribution in [3.8, 4) is 11.1 Å². The van der Waals surface area contributed by atoms with Crippen LogP contribution in [0.15, 0.2) is 54.6 Å². The Kier molecular flexibility index (Phi) is 6.64. The third kappa shape index (κ3) is 5.41. The third-order valence-corrected chi connectivity index (χ3v) is 5.33. The minimum atomic E-state index is -0.602. The zero-order chi connectivity index (χ0) is 19.2. The predicted molar refractivity (Wildman–Crippen MR) is 108 cm³/mol. The van der Waals surface area contributed by atoms with Crippen molar-refractivity contribution in [2.24, 2.45) is 5.92 Å². The standard InChI is InChI=1S/C23H29NO3/c1-16-8-9-17(2)27-22(16)14-21(25)15-24-23(26)20-12-10-19(11-13-20)18-6-4-3-5-7-18/h3-7,10-13,16-17,21-22,25H,8-9,14-15H2,1-2H3,(H,24,26). The van der Waals surface area contributed by atoms with E-state index in [2.05, 4.69) is 19.2 Å². The molecule has 4 unspecified atom stereocenters. The molecule has 1 amide bonds. The van der Waals surface area contributed by atoms with E-state index in [9.17, 15) is 9.90 Å². The third-order valence-electron chi connectivity index (χ3n) is 5.33. The number of benzene rings is 2. The van der Waals surface area contributed by atoms with Crippen molar-refractivity contribution in [1.29, 1.82) is 0 Å². The molecule has 1 fully saturated rings. The topological polar surface area (TPSA) is 58.6 Å². The molecule has 0 spiro atoms. The Morgan fingerprint density at radius 1 is 1.07 bits per heavy atom. The Balaban J connectivity index is 1.50. The number of nitrogens with one attached hydrogen (secondary N) is 1. The summed E-state index contributed by atoms with van der Waals surface area (Å²) in [7, 11) is 0. The molecule has 4 heteroatoms. The highest BCUT2D eigenvalue weighted by Crippen LogP contribution is 2.27. The van der Waals surface area contributed by atoms with Gasteiger partial charge in [-0.1, -0.05) is 49.4 Å². The van der Waals surface area contributed by atoms with Crippen molar-refractivity contribution in [2.75, 3.05) is 6.54 Å². The van der Waals surface area contributed by atoms with E-state index in [1.807, 2.05) is 54.6 Å². The van der Waals surface area contributed by atoms with Crippen molar-refractivity contribution in [2.45, 2.75) is 51.4 Å². The lowest BCUT2D eigenvalue weighted by Gasteiger charge is -2.34. The molecule has 0 aliphatic carbocycles. The van der Waals surface area contributed by atoms with Gasteiger partial charge in [-0.25, -0.2) is 0 Å². The molecule has 144 valence electrons. The molecule has 1 aliphatic rings. The average molecular weight is 367 g/mol. The number of aliphatic hydroxyl groups excluding tert-OH is 1. The fourth-order valence-corrected chi connectivity index (χ4v) is 3.58. The minimum absolute atomic E-state index is 0.0609. The first kappa shape index (κ1) is 19.6. The van der Waals surface area contributed by atoms with Gasteiger partial charge in [-0.15, -0.1) is 0 Å². The number of carbonyl (C=O) groups is 1. The molecule has 1 heterocycles. The quantitative estimate of drug-likeness (QED) is 0.810. The largest absolute Gasteiger partial charge is 0.391 e. The van der Waals surface area contributed by atoms with Gasteiger partial charge in [-0.3, -0.25) is 4.79 Å². The molecule has 0 saturated carbocycles. The Labute approximate surface area is 161 Å². The first-order valence-corrected chi connectivity index (χ1v) is 9.80. The SMILES string of the molecule is CC1CCC(C)C(CC(O)CNC(=O)c2ccc(-c3ccccc3)cc2)O1. The molecule has 3 rings (SSSR count). The first-order chi connectivity index (χ1) is 13.0. The van der Waals surface area contributed by atoms with E-state index in [1.54, 1.807) is 0 Å². The van der Waals surface area contributed by atoms with Gasteiger partial charge in [0.1, 0.15) is 0 Å². The Hall–Kier alpha value is -2.17. The average Bonchev–Trinajstić information content (AvgIpc) is 2.70. The summed E-state index contributed by atoms with van der Waals surface area (Å²) in [5.41, 5.74) is 2.79. The van der Waals surface area contributed by atoms with Gasteiger partial charge in [0.25, 0.3) is 5.91 Å². The zero-order valence-corrected chi connectivity index (χ0v) is 16.1. The Bertz CT molecular complexity index is 729. The summed E-state index contributed by atoms with van der Waals surface area (Å²) in [6.45, 7) is 4.47. The minimum Gasteiger partial charge on any atom is -0.391 e. The highest BCUT2D eigenvalue weighted by Gasteiger charge is 2.28. The highest BCUT2D eigenvalue weighted by atomic mass is 16.5. The van der Waals surface area contributed by atoms with Gasteiger partial charge in [0.15, 0.2) is 0 Å². The van der Waals surface area contributed by atoms with Crippen LogP contribution >= 0.6 is 0 Å². The van der Waals surface area contributed by atoms with Crippen molar-refractivity contribution in [3.63, 3.8) is 0 Å². The first-order valence-electron chi connectivity index (χ1n) is 9.80. The van der Waals surface area contributed by atoms with Crippen molar-refractivity contribution in [3.05, 3.63) is 60.2 Å². The molecular weight excluding hydrogens is 338 g/mol. The number of carbonyl (C=O) groups excluding carboxylic acids is 1. The number of rotatable bonds is 6. The van der Waals surface area contributed by atoms with Gasteiger partial charge in [0.05, 0.1) is 18.3 Å². The van der Waals surface area contributed by atoms with Crippen LogP contribution in [0.5, 0.6) is 0 Å². The van der Waals surface area contributed by atoms with Crippen LogP contribution in [-0.2, 0) is 4.74 Å². The van der Waals surface area contributed by atoms with Crippen molar-refractivity contribution in [1.82, 2.24) is 5.32 Å². The van der Waals surface area contributed by atoms with Crippen LogP contribution in [0.1, 0.15) is 43.5 Å². The summed E-state index contributed by atoms with van der Waals surface area (Å²) in [6, 6.07) is 17.6. The summed E-state index contributed by atoms with van der Waals surface area (Å²) in [5.74, 6) is 0.275. The fourth-order valence-electron chi connectivity index (χ4n) is 3.58. The van der Waals surface area contributed by atoms with Crippen molar-refractivity contribution < 1.29 is 14.6 Å². The van der Waals surface area contributed by atoms with Gasteiger partial charge in [-0.05, 0) is 48.9 Å². The maximum atomic E-state index is 12.4. The van der Waals surface area contributed by atoms with E-state index in [-0.39, 0.29) is 24.7 Å². The Morgan fingerprint density at radius 2 is 1.74 bits per heavy atom. The molecule has 2 N–H and O–H groups in total. The van der Waals surface area contributed by atoms with Gasteiger partial charge >= 0.3 is 0 Å². The summed E-state index contributed by atoms with van der Waals surface area (Å²) in [5, 5.41) is 13.1. The summed E-state index contributed by atoms with van der Waals surface area (Å²) >= 11 is 0. The van der Waals surface area contributed by atoms with Crippen LogP contribution in [0.4, 0.5) is 0 Å². The maximum absolute atomic E-state index is 12.4. The summed E-state index contributed by atoms with van der Waals surface area (Å²) in [6.07, 6.45) is 2.46. The number of hydrogen-bond acceptors (Lipinski definition) is 3. The normalized spacial score (nSPS) is 23.6. The number of hydrogen-bond donors (Lipinski definition) is 2. The smallest absolute Gasteiger partial charge is 0.251 e. The van der Waals surface area contributed by atoms with Crippen LogP contribution in [0, 0.1) is 5.92 Å². The molecule has 2 aromatic rings. The van der Waals surface area contributed by atoms with E-state index in [0.717, 1.165) is 24.0 Å². The molecule has 0 aromatic heterocycles. The molecule has 27 heavy (non-hydrogen) atoms. The van der Waals surface area contributed by atoms with Crippen LogP contribution < -0.4 is 5.32 Å². The molecule has 1 saturated heterocycles. The second-order valence-corrected chi connectivity index (χ2v) is 7.58. The van der Waals surface area contributed by atoms with Crippen LogP contribution in [0.2, 0.25) is 0 Å². The van der Waals surface area contributed by atoms with Gasteiger partial charge in [-0.2, -0.15) is 0 Å². The molecule has 4 nitrogen and oxygen atoms in total. The van der Waals surface area contributed by atoms with Crippen LogP contribution in [0.25, 0.3) is 11.1 Å². The van der Waals surface area contributed by atoms with E-state index >= 15 is 0 Å². The monoisotopic (exact) mass is 367 g/mol. The maximum Gasteiger partial charge on any atom is 0.251 e. The van der Waals surface area contributed by atoms with Gasteiger partial charge < -0.3 is 15.2 Å². The fraction of sp³-hybridized carbons (Fsp3) is 0.435. The predicted octanol–water partition coefficient (Wildman–Crippen LogP) is 4.04. The summed E-state index contributed by atoms with van der Waals surface area (Å²) < 4.78 is 5.94. The molecule has 4 atom stereocenters. The second-order valence-electron chi connectivity index (χ2n) is 7.58. The Morgan fingerprint density at radius 3 is 2.44 bits per heavy atom. The molecule has 2 aromatic carbocycles. The summed E-state index contributed by atoms with van der Waals surface area (Å²) in [4.78, 5) is 12.4. The lowest BCUT2D eigenvalue weighted by atomic mass is 9.90. The van der Waals surface area contributed by atoms with Gasteiger partial charge in [0, 0.05) is 18.5 Å². The van der Waals surface area contributed by atoms with E-state index < -0.39 is 6.10 Å². The van der Waals surface area contributed by atoms with Crippen LogP contribution in [0.3, 0.4) is 0 Å².